The molecule has 1 amide bonds. The standard InChI is InChI=1S/C7H12B5NO/c8-2-1(7(13)14)3(9)5(11)6(12)4(2)10/h8-12H2,(H2,13,14). The van der Waals surface area contributed by atoms with Gasteiger partial charge >= 0.3 is 0 Å². The molecule has 1 aromatic rings. The van der Waals surface area contributed by atoms with Crippen LogP contribution < -0.4 is 33.0 Å². The summed E-state index contributed by atoms with van der Waals surface area (Å²) >= 11 is 0. The molecule has 66 valence electrons. The van der Waals surface area contributed by atoms with E-state index in [9.17, 15) is 4.79 Å². The second-order valence-electron chi connectivity index (χ2n) is 3.86. The average Bonchev–Trinajstić information content (AvgIpc) is 2.11. The lowest BCUT2D eigenvalue weighted by atomic mass is 9.60. The summed E-state index contributed by atoms with van der Waals surface area (Å²) in [4.78, 5) is 11.3. The van der Waals surface area contributed by atoms with E-state index in [1.165, 1.54) is 16.4 Å². The molecule has 0 saturated carbocycles. The number of primary amides is 1. The van der Waals surface area contributed by atoms with Crippen molar-refractivity contribution in [1.29, 1.82) is 0 Å². The molecule has 7 heteroatoms. The van der Waals surface area contributed by atoms with Gasteiger partial charge in [0.25, 0.3) is 0 Å². The average molecular weight is 180 g/mol. The summed E-state index contributed by atoms with van der Waals surface area (Å²) in [5.41, 5.74) is 11.7. The van der Waals surface area contributed by atoms with Crippen molar-refractivity contribution in [1.82, 2.24) is 0 Å². The largest absolute Gasteiger partial charge is 0.366 e. The summed E-state index contributed by atoms with van der Waals surface area (Å²) in [6.45, 7) is 0. The molecule has 0 spiro atoms. The van der Waals surface area contributed by atoms with Crippen LogP contribution in [0.3, 0.4) is 0 Å². The van der Waals surface area contributed by atoms with Crippen LogP contribution in [0.15, 0.2) is 0 Å². The highest BCUT2D eigenvalue weighted by molar-refractivity contribution is 6.68. The third kappa shape index (κ3) is 1.51. The number of rotatable bonds is 1. The molecule has 0 aliphatic carbocycles. The molecule has 0 aliphatic rings. The van der Waals surface area contributed by atoms with Crippen molar-refractivity contribution < 1.29 is 4.79 Å². The van der Waals surface area contributed by atoms with Gasteiger partial charge in [-0.1, -0.05) is 10.9 Å². The third-order valence-electron chi connectivity index (χ3n) is 3.25. The number of nitrogens with two attached hydrogens (primary N) is 1. The van der Waals surface area contributed by atoms with Crippen molar-refractivity contribution in [3.8, 4) is 0 Å². The molecule has 0 bridgehead atoms. The van der Waals surface area contributed by atoms with E-state index >= 15 is 0 Å². The lowest BCUT2D eigenvalue weighted by Gasteiger charge is -2.17. The molecule has 2 nitrogen and oxygen atoms in total. The smallest absolute Gasteiger partial charge is 0.247 e. The second-order valence-corrected chi connectivity index (χ2v) is 3.86. The van der Waals surface area contributed by atoms with Crippen molar-refractivity contribution in [2.45, 2.75) is 0 Å². The van der Waals surface area contributed by atoms with E-state index in [0.717, 1.165) is 10.9 Å². The Morgan fingerprint density at radius 3 is 1.36 bits per heavy atom. The molecule has 0 radical (unpaired) electrons. The molecular weight excluding hydrogens is 168 g/mol. The van der Waals surface area contributed by atoms with Gasteiger partial charge in [0.05, 0.1) is 0 Å². The van der Waals surface area contributed by atoms with Gasteiger partial charge in [0.2, 0.25) is 5.91 Å². The molecule has 2 N–H and O–H groups in total. The number of amides is 1. The Morgan fingerprint density at radius 2 is 1.07 bits per heavy atom. The zero-order valence-electron chi connectivity index (χ0n) is 9.49. The Bertz CT molecular complexity index is 388. The van der Waals surface area contributed by atoms with Crippen molar-refractivity contribution in [3.05, 3.63) is 5.56 Å². The van der Waals surface area contributed by atoms with Crippen LogP contribution in [0.1, 0.15) is 10.4 Å². The van der Waals surface area contributed by atoms with Gasteiger partial charge < -0.3 is 5.73 Å². The highest BCUT2D eigenvalue weighted by Gasteiger charge is 2.14. The SMILES string of the molecule is Bc1c(B)c(B)c(C(N)=O)c(B)c1B. The van der Waals surface area contributed by atoms with Crippen LogP contribution in [-0.4, -0.2) is 45.1 Å². The van der Waals surface area contributed by atoms with E-state index in [1.807, 2.05) is 31.4 Å². The van der Waals surface area contributed by atoms with E-state index < -0.39 is 0 Å². The first-order valence-electron chi connectivity index (χ1n) is 4.74. The topological polar surface area (TPSA) is 43.1 Å². The van der Waals surface area contributed by atoms with Crippen LogP contribution in [-0.2, 0) is 0 Å². The van der Waals surface area contributed by atoms with Crippen LogP contribution in [0.2, 0.25) is 0 Å². The first-order valence-corrected chi connectivity index (χ1v) is 4.74. The normalized spacial score (nSPS) is 10.0. The molecule has 0 unspecified atom stereocenters. The summed E-state index contributed by atoms with van der Waals surface area (Å²) < 4.78 is 0. The van der Waals surface area contributed by atoms with Gasteiger partial charge in [-0.05, 0) is 0 Å². The minimum Gasteiger partial charge on any atom is -0.366 e. The van der Waals surface area contributed by atoms with Crippen LogP contribution in [0.4, 0.5) is 0 Å². The first kappa shape index (κ1) is 11.1. The highest BCUT2D eigenvalue weighted by Crippen LogP contribution is 1.82. The summed E-state index contributed by atoms with van der Waals surface area (Å²) in [7, 11) is 10.0. The molecule has 14 heavy (non-hydrogen) atoms. The van der Waals surface area contributed by atoms with E-state index in [-0.39, 0.29) is 5.91 Å². The number of benzene rings is 1. The van der Waals surface area contributed by atoms with Gasteiger partial charge in [-0.15, -0.1) is 16.4 Å². The monoisotopic (exact) mass is 181 g/mol. The van der Waals surface area contributed by atoms with Crippen molar-refractivity contribution in [3.63, 3.8) is 0 Å². The summed E-state index contributed by atoms with van der Waals surface area (Å²) in [5, 5.41) is 0. The van der Waals surface area contributed by atoms with Gasteiger partial charge in [-0.3, -0.25) is 4.79 Å². The molecule has 0 heterocycles. The van der Waals surface area contributed by atoms with Crippen molar-refractivity contribution in [2.75, 3.05) is 0 Å². The van der Waals surface area contributed by atoms with E-state index in [4.69, 9.17) is 5.73 Å². The maximum Gasteiger partial charge on any atom is 0.247 e. The van der Waals surface area contributed by atoms with Crippen LogP contribution in [0.5, 0.6) is 0 Å². The molecule has 1 aromatic carbocycles. The maximum atomic E-state index is 11.3. The minimum absolute atomic E-state index is 0.328. The fourth-order valence-electron chi connectivity index (χ4n) is 1.87. The Hall–Kier alpha value is -0.985. The molecule has 0 aliphatic heterocycles. The number of carbonyl (C=O) groups is 1. The highest BCUT2D eigenvalue weighted by atomic mass is 16.1. The first-order chi connectivity index (χ1) is 6.37. The Balaban J connectivity index is 3.68. The van der Waals surface area contributed by atoms with Gasteiger partial charge in [0.15, 0.2) is 0 Å². The summed E-state index contributed by atoms with van der Waals surface area (Å²) in [5.74, 6) is -0.328. The maximum absolute atomic E-state index is 11.3. The summed E-state index contributed by atoms with van der Waals surface area (Å²) in [6, 6.07) is 0. The Kier molecular flexibility index (Phi) is 2.88. The van der Waals surface area contributed by atoms with Gasteiger partial charge in [0.1, 0.15) is 39.2 Å². The number of carbonyl (C=O) groups excluding carboxylic acids is 1. The third-order valence-corrected chi connectivity index (χ3v) is 3.25. The Morgan fingerprint density at radius 1 is 0.786 bits per heavy atom. The molecule has 1 rings (SSSR count). The van der Waals surface area contributed by atoms with Gasteiger partial charge in [-0.2, -0.15) is 0 Å². The molecule has 0 fully saturated rings. The fourth-order valence-corrected chi connectivity index (χ4v) is 1.87. The second kappa shape index (κ2) is 3.64. The zero-order chi connectivity index (χ0) is 11.0. The van der Waals surface area contributed by atoms with Crippen LogP contribution >= 0.6 is 0 Å². The van der Waals surface area contributed by atoms with Crippen molar-refractivity contribution in [2.24, 2.45) is 5.73 Å². The van der Waals surface area contributed by atoms with E-state index in [1.54, 1.807) is 0 Å². The minimum atomic E-state index is -0.328. The predicted octanol–water partition coefficient (Wildman–Crippen LogP) is -7.92. The predicted molar refractivity (Wildman–Crippen MR) is 75.8 cm³/mol. The van der Waals surface area contributed by atoms with Gasteiger partial charge in [-0.25, -0.2) is 0 Å². The Labute approximate surface area is 89.1 Å². The van der Waals surface area contributed by atoms with Crippen LogP contribution in [0.25, 0.3) is 0 Å². The van der Waals surface area contributed by atoms with E-state index in [0.29, 0.717) is 5.56 Å². The van der Waals surface area contributed by atoms with Crippen LogP contribution in [0, 0.1) is 0 Å². The summed E-state index contributed by atoms with van der Waals surface area (Å²) in [6.07, 6.45) is 0. The number of hydrogen-bond acceptors (Lipinski definition) is 1. The molecule has 0 aromatic heterocycles. The zero-order valence-corrected chi connectivity index (χ0v) is 9.49. The van der Waals surface area contributed by atoms with Gasteiger partial charge in [0, 0.05) is 5.56 Å². The van der Waals surface area contributed by atoms with Crippen molar-refractivity contribution >= 4 is 72.5 Å². The van der Waals surface area contributed by atoms with E-state index in [2.05, 4.69) is 7.85 Å². The molecule has 0 saturated heterocycles. The molecule has 0 atom stereocenters. The lowest BCUT2D eigenvalue weighted by Crippen LogP contribution is -2.57. The number of hydrogen-bond donors (Lipinski definition) is 1. The molecular formula is C7H12B5NO. The quantitative estimate of drug-likeness (QED) is 0.429. The fraction of sp³-hybridized carbons (Fsp3) is 0. The lowest BCUT2D eigenvalue weighted by molar-refractivity contribution is 0.100.